The van der Waals surface area contributed by atoms with E-state index < -0.39 is 0 Å². The molecule has 0 saturated carbocycles. The highest BCUT2D eigenvalue weighted by molar-refractivity contribution is 8.00. The summed E-state index contributed by atoms with van der Waals surface area (Å²) in [5.41, 5.74) is 1.13. The Kier molecular flexibility index (Phi) is 7.74. The minimum Gasteiger partial charge on any atom is -0.313 e. The normalized spacial score (nSPS) is 13.5. The molecule has 0 aliphatic carbocycles. The van der Waals surface area contributed by atoms with Crippen molar-refractivity contribution in [1.82, 2.24) is 5.32 Å². The van der Waals surface area contributed by atoms with Gasteiger partial charge in [0.05, 0.1) is 10.0 Å². The lowest BCUT2D eigenvalue weighted by atomic mass is 10.1. The molecule has 0 fully saturated rings. The van der Waals surface area contributed by atoms with Crippen molar-refractivity contribution in [3.63, 3.8) is 0 Å². The second-order valence-corrected chi connectivity index (χ2v) is 8.62. The van der Waals surface area contributed by atoms with Crippen LogP contribution in [0.4, 0.5) is 0 Å². The largest absolute Gasteiger partial charge is 0.313 e. The van der Waals surface area contributed by atoms with Gasteiger partial charge in [-0.15, -0.1) is 0 Å². The van der Waals surface area contributed by atoms with Gasteiger partial charge in [-0.2, -0.15) is 11.8 Å². The van der Waals surface area contributed by atoms with Gasteiger partial charge in [-0.3, -0.25) is 0 Å². The number of benzene rings is 1. The third-order valence-corrected chi connectivity index (χ3v) is 5.19. The van der Waals surface area contributed by atoms with E-state index in [1.165, 1.54) is 0 Å². The summed E-state index contributed by atoms with van der Waals surface area (Å²) in [5, 5.41) is 4.95. The fourth-order valence-electron chi connectivity index (χ4n) is 1.86. The van der Waals surface area contributed by atoms with E-state index in [1.807, 2.05) is 23.9 Å². The number of hydrogen-bond donors (Lipinski definition) is 1. The summed E-state index contributed by atoms with van der Waals surface area (Å²) in [7, 11) is 0. The minimum absolute atomic E-state index is 0.282. The van der Waals surface area contributed by atoms with Crippen molar-refractivity contribution in [2.45, 2.75) is 51.3 Å². The smallest absolute Gasteiger partial charge is 0.0624 e. The van der Waals surface area contributed by atoms with Crippen molar-refractivity contribution < 1.29 is 0 Å². The fraction of sp³-hybridized carbons (Fsp3) is 0.625. The Hall–Kier alpha value is 0.110. The third kappa shape index (κ3) is 6.71. The summed E-state index contributed by atoms with van der Waals surface area (Å²) in [5.74, 6) is 1.08. The Morgan fingerprint density at radius 3 is 2.55 bits per heavy atom. The number of thioether (sulfide) groups is 1. The molecule has 0 radical (unpaired) electrons. The first kappa shape index (κ1) is 18.2. The van der Waals surface area contributed by atoms with Crippen LogP contribution in [0.3, 0.4) is 0 Å². The van der Waals surface area contributed by atoms with Crippen LogP contribution in [0.25, 0.3) is 0 Å². The Morgan fingerprint density at radius 1 is 1.25 bits per heavy atom. The van der Waals surface area contributed by atoms with E-state index in [1.54, 1.807) is 0 Å². The summed E-state index contributed by atoms with van der Waals surface area (Å²) in [6, 6.07) is 6.30. The highest BCUT2D eigenvalue weighted by Crippen LogP contribution is 2.28. The highest BCUT2D eigenvalue weighted by atomic mass is 35.5. The second-order valence-electron chi connectivity index (χ2n) is 5.99. The van der Waals surface area contributed by atoms with Gasteiger partial charge in [-0.05, 0) is 31.0 Å². The molecule has 1 rings (SSSR count). The number of nitrogens with one attached hydrogen (secondary N) is 1. The van der Waals surface area contributed by atoms with E-state index in [0.29, 0.717) is 16.1 Å². The highest BCUT2D eigenvalue weighted by Gasteiger charge is 2.17. The van der Waals surface area contributed by atoms with E-state index in [9.17, 15) is 0 Å². The molecular formula is C16H25Cl2NS. The van der Waals surface area contributed by atoms with Gasteiger partial charge < -0.3 is 5.32 Å². The lowest BCUT2D eigenvalue weighted by Gasteiger charge is -2.24. The summed E-state index contributed by atoms with van der Waals surface area (Å²) < 4.78 is 0.282. The quantitative estimate of drug-likeness (QED) is 0.713. The molecule has 0 spiro atoms. The van der Waals surface area contributed by atoms with E-state index in [4.69, 9.17) is 23.2 Å². The molecule has 0 heterocycles. The number of hydrogen-bond acceptors (Lipinski definition) is 2. The van der Waals surface area contributed by atoms with Crippen LogP contribution in [-0.4, -0.2) is 23.1 Å². The summed E-state index contributed by atoms with van der Waals surface area (Å²) in [6.45, 7) is 9.98. The van der Waals surface area contributed by atoms with E-state index >= 15 is 0 Å². The Labute approximate surface area is 137 Å². The van der Waals surface area contributed by atoms with Gasteiger partial charge in [0.1, 0.15) is 0 Å². The number of halogens is 2. The molecule has 0 aliphatic rings. The van der Waals surface area contributed by atoms with Gasteiger partial charge in [0.2, 0.25) is 0 Å². The van der Waals surface area contributed by atoms with Crippen LogP contribution >= 0.6 is 35.0 Å². The molecule has 0 bridgehead atoms. The maximum absolute atomic E-state index is 6.29. The minimum atomic E-state index is 0.282. The lowest BCUT2D eigenvalue weighted by molar-refractivity contribution is 0.548. The first-order valence-corrected chi connectivity index (χ1v) is 8.88. The van der Waals surface area contributed by atoms with Gasteiger partial charge in [0.25, 0.3) is 0 Å². The van der Waals surface area contributed by atoms with Crippen LogP contribution in [0.15, 0.2) is 18.2 Å². The molecule has 1 aromatic rings. The molecule has 0 amide bonds. The molecule has 1 unspecified atom stereocenters. The van der Waals surface area contributed by atoms with Crippen LogP contribution in [-0.2, 0) is 6.42 Å². The topological polar surface area (TPSA) is 12.0 Å². The summed E-state index contributed by atoms with van der Waals surface area (Å²) >= 11 is 14.4. The standard InChI is InChI=1S/C16H25Cl2NS/c1-5-9-19-13(11-20-16(2,3)4)10-12-7-6-8-14(17)15(12)18/h6-8,13,19H,5,9-11H2,1-4H3. The van der Waals surface area contributed by atoms with Crippen molar-refractivity contribution >= 4 is 35.0 Å². The summed E-state index contributed by atoms with van der Waals surface area (Å²) in [4.78, 5) is 0. The van der Waals surface area contributed by atoms with E-state index in [0.717, 1.165) is 30.7 Å². The van der Waals surface area contributed by atoms with Gasteiger partial charge in [-0.1, -0.05) is 63.0 Å². The SMILES string of the molecule is CCCNC(CSC(C)(C)C)Cc1cccc(Cl)c1Cl. The zero-order valence-corrected chi connectivity index (χ0v) is 15.1. The maximum atomic E-state index is 6.29. The van der Waals surface area contributed by atoms with Gasteiger partial charge in [0.15, 0.2) is 0 Å². The lowest BCUT2D eigenvalue weighted by Crippen LogP contribution is -2.35. The molecule has 0 aliphatic heterocycles. The van der Waals surface area contributed by atoms with Gasteiger partial charge in [-0.25, -0.2) is 0 Å². The van der Waals surface area contributed by atoms with E-state index in [-0.39, 0.29) is 4.75 Å². The molecule has 114 valence electrons. The van der Waals surface area contributed by atoms with Crippen LogP contribution in [0.2, 0.25) is 10.0 Å². The predicted octanol–water partition coefficient (Wildman–Crippen LogP) is 5.44. The molecule has 1 aromatic carbocycles. The summed E-state index contributed by atoms with van der Waals surface area (Å²) in [6.07, 6.45) is 2.06. The average Bonchev–Trinajstić information content (AvgIpc) is 2.37. The zero-order valence-electron chi connectivity index (χ0n) is 12.8. The molecule has 20 heavy (non-hydrogen) atoms. The zero-order chi connectivity index (χ0) is 15.2. The molecule has 0 saturated heterocycles. The first-order chi connectivity index (χ1) is 9.33. The van der Waals surface area contributed by atoms with Crippen molar-refractivity contribution in [2.24, 2.45) is 0 Å². The van der Waals surface area contributed by atoms with Crippen molar-refractivity contribution in [2.75, 3.05) is 12.3 Å². The molecule has 1 atom stereocenters. The fourth-order valence-corrected chi connectivity index (χ4v) is 3.19. The van der Waals surface area contributed by atoms with Crippen molar-refractivity contribution in [1.29, 1.82) is 0 Å². The molecule has 4 heteroatoms. The van der Waals surface area contributed by atoms with Gasteiger partial charge >= 0.3 is 0 Å². The average molecular weight is 334 g/mol. The Morgan fingerprint density at radius 2 is 1.95 bits per heavy atom. The van der Waals surface area contributed by atoms with Crippen LogP contribution in [0.5, 0.6) is 0 Å². The van der Waals surface area contributed by atoms with Crippen LogP contribution in [0.1, 0.15) is 39.7 Å². The molecule has 0 aromatic heterocycles. The monoisotopic (exact) mass is 333 g/mol. The van der Waals surface area contributed by atoms with Crippen molar-refractivity contribution in [3.8, 4) is 0 Å². The Balaban J connectivity index is 2.70. The molecular weight excluding hydrogens is 309 g/mol. The number of rotatable bonds is 7. The molecule has 1 nitrogen and oxygen atoms in total. The molecule has 1 N–H and O–H groups in total. The third-order valence-electron chi connectivity index (χ3n) is 2.90. The second kappa shape index (κ2) is 8.53. The maximum Gasteiger partial charge on any atom is 0.0624 e. The Bertz CT molecular complexity index is 415. The first-order valence-electron chi connectivity index (χ1n) is 7.13. The van der Waals surface area contributed by atoms with Crippen LogP contribution < -0.4 is 5.32 Å². The predicted molar refractivity (Wildman–Crippen MR) is 94.5 cm³/mol. The van der Waals surface area contributed by atoms with Crippen molar-refractivity contribution in [3.05, 3.63) is 33.8 Å². The van der Waals surface area contributed by atoms with Crippen LogP contribution in [0, 0.1) is 0 Å². The van der Waals surface area contributed by atoms with E-state index in [2.05, 4.69) is 39.1 Å². The van der Waals surface area contributed by atoms with Gasteiger partial charge in [0, 0.05) is 16.5 Å².